The highest BCUT2D eigenvalue weighted by atomic mass is 35.5. The second-order valence-electron chi connectivity index (χ2n) is 8.13. The maximum absolute atomic E-state index is 12.9. The van der Waals surface area contributed by atoms with Crippen molar-refractivity contribution in [3.05, 3.63) is 64.9 Å². The zero-order chi connectivity index (χ0) is 22.5. The number of rotatable bonds is 7. The molecular weight excluding hydrogens is 426 g/mol. The number of imidazole rings is 1. The molecule has 32 heavy (non-hydrogen) atoms. The Balaban J connectivity index is 1.44. The second kappa shape index (κ2) is 10.2. The summed E-state index contributed by atoms with van der Waals surface area (Å²) < 4.78 is 7.26. The van der Waals surface area contributed by atoms with Gasteiger partial charge in [0.2, 0.25) is 5.91 Å². The molecule has 0 spiro atoms. The van der Waals surface area contributed by atoms with Crippen molar-refractivity contribution >= 4 is 34.5 Å². The normalized spacial score (nSPS) is 14.6. The molecule has 0 aliphatic carbocycles. The SMILES string of the molecule is CCOC(=O)C1CCN(C(=O)CCn2c(Cc3cccc(Cl)c3)nc3ccccc32)CC1. The number of benzene rings is 2. The Kier molecular flexibility index (Phi) is 7.10. The number of fused-ring (bicyclic) bond motifs is 1. The molecule has 7 heteroatoms. The number of carbonyl (C=O) groups excluding carboxylic acids is 2. The van der Waals surface area contributed by atoms with Crippen molar-refractivity contribution in [2.75, 3.05) is 19.7 Å². The van der Waals surface area contributed by atoms with Gasteiger partial charge >= 0.3 is 5.97 Å². The Hall–Kier alpha value is -2.86. The van der Waals surface area contributed by atoms with E-state index in [2.05, 4.69) is 4.57 Å². The van der Waals surface area contributed by atoms with Crippen LogP contribution in [-0.2, 0) is 27.3 Å². The van der Waals surface area contributed by atoms with Gasteiger partial charge < -0.3 is 14.2 Å². The molecule has 0 atom stereocenters. The van der Waals surface area contributed by atoms with Crippen LogP contribution in [0.3, 0.4) is 0 Å². The number of hydrogen-bond donors (Lipinski definition) is 0. The summed E-state index contributed by atoms with van der Waals surface area (Å²) in [7, 11) is 0. The number of esters is 1. The van der Waals surface area contributed by atoms with Gasteiger partial charge in [0.15, 0.2) is 0 Å². The number of amides is 1. The van der Waals surface area contributed by atoms with Crippen LogP contribution in [0.5, 0.6) is 0 Å². The van der Waals surface area contributed by atoms with E-state index >= 15 is 0 Å². The Labute approximate surface area is 193 Å². The van der Waals surface area contributed by atoms with Gasteiger partial charge in [-0.25, -0.2) is 4.98 Å². The standard InChI is InChI=1S/C25H28ClN3O3/c1-2-32-25(31)19-10-13-28(14-11-19)24(30)12-15-29-22-9-4-3-8-21(22)27-23(29)17-18-6-5-7-20(26)16-18/h3-9,16,19H,2,10-15,17H2,1H3. The Morgan fingerprint density at radius 2 is 1.91 bits per heavy atom. The van der Waals surface area contributed by atoms with Crippen molar-refractivity contribution in [1.29, 1.82) is 0 Å². The highest BCUT2D eigenvalue weighted by Crippen LogP contribution is 2.22. The predicted molar refractivity (Wildman–Crippen MR) is 125 cm³/mol. The summed E-state index contributed by atoms with van der Waals surface area (Å²) in [6.07, 6.45) is 2.37. The van der Waals surface area contributed by atoms with Gasteiger partial charge in [-0.1, -0.05) is 35.9 Å². The third-order valence-electron chi connectivity index (χ3n) is 6.00. The van der Waals surface area contributed by atoms with Crippen LogP contribution in [0.25, 0.3) is 11.0 Å². The third kappa shape index (κ3) is 5.13. The van der Waals surface area contributed by atoms with Gasteiger partial charge in [-0.05, 0) is 49.6 Å². The van der Waals surface area contributed by atoms with Gasteiger partial charge in [0.1, 0.15) is 5.82 Å². The molecule has 4 rings (SSSR count). The fourth-order valence-corrected chi connectivity index (χ4v) is 4.54. The number of ether oxygens (including phenoxy) is 1. The lowest BCUT2D eigenvalue weighted by atomic mass is 9.97. The van der Waals surface area contributed by atoms with Crippen molar-refractivity contribution in [3.63, 3.8) is 0 Å². The topological polar surface area (TPSA) is 64.4 Å². The molecule has 0 radical (unpaired) electrons. The van der Waals surface area contributed by atoms with Crippen molar-refractivity contribution in [3.8, 4) is 0 Å². The lowest BCUT2D eigenvalue weighted by Crippen LogP contribution is -2.41. The Morgan fingerprint density at radius 3 is 2.66 bits per heavy atom. The zero-order valence-electron chi connectivity index (χ0n) is 18.3. The van der Waals surface area contributed by atoms with Crippen LogP contribution >= 0.6 is 11.6 Å². The lowest BCUT2D eigenvalue weighted by Gasteiger charge is -2.31. The minimum absolute atomic E-state index is 0.0964. The van der Waals surface area contributed by atoms with Gasteiger partial charge in [0.25, 0.3) is 0 Å². The maximum atomic E-state index is 12.9. The van der Waals surface area contributed by atoms with E-state index in [9.17, 15) is 9.59 Å². The zero-order valence-corrected chi connectivity index (χ0v) is 19.1. The van der Waals surface area contributed by atoms with Gasteiger partial charge in [-0.15, -0.1) is 0 Å². The number of aryl methyl sites for hydroxylation is 1. The number of nitrogens with zero attached hydrogens (tertiary/aromatic N) is 3. The number of para-hydroxylation sites is 2. The van der Waals surface area contributed by atoms with Crippen LogP contribution < -0.4 is 0 Å². The minimum atomic E-state index is -0.143. The van der Waals surface area contributed by atoms with Gasteiger partial charge in [-0.3, -0.25) is 9.59 Å². The molecule has 3 aromatic rings. The number of halogens is 1. The average Bonchev–Trinajstić information content (AvgIpc) is 3.14. The maximum Gasteiger partial charge on any atom is 0.309 e. The molecule has 168 valence electrons. The summed E-state index contributed by atoms with van der Waals surface area (Å²) in [5.74, 6) is 0.789. The predicted octanol–water partition coefficient (Wildman–Crippen LogP) is 4.47. The van der Waals surface area contributed by atoms with Crippen LogP contribution in [0.2, 0.25) is 5.02 Å². The molecule has 6 nitrogen and oxygen atoms in total. The first-order valence-corrected chi connectivity index (χ1v) is 11.6. The first-order chi connectivity index (χ1) is 15.5. The van der Waals surface area contributed by atoms with E-state index in [1.54, 1.807) is 0 Å². The Morgan fingerprint density at radius 1 is 1.12 bits per heavy atom. The fourth-order valence-electron chi connectivity index (χ4n) is 4.33. The third-order valence-corrected chi connectivity index (χ3v) is 6.24. The lowest BCUT2D eigenvalue weighted by molar-refractivity contribution is -0.151. The number of aromatic nitrogens is 2. The van der Waals surface area contributed by atoms with E-state index in [1.165, 1.54) is 0 Å². The highest BCUT2D eigenvalue weighted by molar-refractivity contribution is 6.30. The molecule has 2 aromatic carbocycles. The molecule has 0 bridgehead atoms. The first-order valence-electron chi connectivity index (χ1n) is 11.2. The van der Waals surface area contributed by atoms with E-state index < -0.39 is 0 Å². The smallest absolute Gasteiger partial charge is 0.309 e. The van der Waals surface area contributed by atoms with E-state index in [1.807, 2.05) is 60.4 Å². The van der Waals surface area contributed by atoms with Gasteiger partial charge in [0.05, 0.1) is 23.6 Å². The number of likely N-dealkylation sites (tertiary alicyclic amines) is 1. The van der Waals surface area contributed by atoms with Crippen LogP contribution in [0.4, 0.5) is 0 Å². The van der Waals surface area contributed by atoms with Crippen LogP contribution in [-0.4, -0.2) is 46.0 Å². The van der Waals surface area contributed by atoms with Crippen molar-refractivity contribution < 1.29 is 14.3 Å². The van der Waals surface area contributed by atoms with Gasteiger partial charge in [0, 0.05) is 37.5 Å². The van der Waals surface area contributed by atoms with Crippen LogP contribution in [0, 0.1) is 5.92 Å². The van der Waals surface area contributed by atoms with Crippen LogP contribution in [0.15, 0.2) is 48.5 Å². The summed E-state index contributed by atoms with van der Waals surface area (Å²) in [5, 5.41) is 0.701. The van der Waals surface area contributed by atoms with E-state index in [4.69, 9.17) is 21.3 Å². The van der Waals surface area contributed by atoms with E-state index in [-0.39, 0.29) is 17.8 Å². The molecule has 0 unspecified atom stereocenters. The molecule has 1 amide bonds. The van der Waals surface area contributed by atoms with Crippen molar-refractivity contribution in [1.82, 2.24) is 14.5 Å². The minimum Gasteiger partial charge on any atom is -0.466 e. The molecule has 1 aliphatic rings. The number of piperidine rings is 1. The second-order valence-corrected chi connectivity index (χ2v) is 8.57. The summed E-state index contributed by atoms with van der Waals surface area (Å²) >= 11 is 6.16. The fraction of sp³-hybridized carbons (Fsp3) is 0.400. The molecule has 0 saturated carbocycles. The number of hydrogen-bond acceptors (Lipinski definition) is 4. The molecule has 0 N–H and O–H groups in total. The quantitative estimate of drug-likeness (QED) is 0.495. The number of carbonyl (C=O) groups is 2. The molecule has 1 aromatic heterocycles. The van der Waals surface area contributed by atoms with E-state index in [0.717, 1.165) is 22.4 Å². The van der Waals surface area contributed by atoms with Crippen molar-refractivity contribution in [2.24, 2.45) is 5.92 Å². The highest BCUT2D eigenvalue weighted by Gasteiger charge is 2.28. The molecule has 1 aliphatic heterocycles. The largest absolute Gasteiger partial charge is 0.466 e. The van der Waals surface area contributed by atoms with Crippen LogP contribution in [0.1, 0.15) is 37.6 Å². The molecular formula is C25H28ClN3O3. The molecule has 1 saturated heterocycles. The summed E-state index contributed by atoms with van der Waals surface area (Å²) in [6, 6.07) is 15.8. The monoisotopic (exact) mass is 453 g/mol. The average molecular weight is 454 g/mol. The first kappa shape index (κ1) is 22.3. The van der Waals surface area contributed by atoms with Gasteiger partial charge in [-0.2, -0.15) is 0 Å². The summed E-state index contributed by atoms with van der Waals surface area (Å²) in [6.45, 7) is 3.98. The molecule has 2 heterocycles. The van der Waals surface area contributed by atoms with E-state index in [0.29, 0.717) is 56.9 Å². The van der Waals surface area contributed by atoms with Crippen molar-refractivity contribution in [2.45, 2.75) is 39.2 Å². The Bertz CT molecular complexity index is 1100. The summed E-state index contributed by atoms with van der Waals surface area (Å²) in [5.41, 5.74) is 3.03. The molecule has 1 fully saturated rings. The summed E-state index contributed by atoms with van der Waals surface area (Å²) in [4.78, 5) is 31.5.